The van der Waals surface area contributed by atoms with Crippen LogP contribution in [0.5, 0.6) is 5.75 Å². The van der Waals surface area contributed by atoms with Crippen LogP contribution in [-0.4, -0.2) is 35.7 Å². The number of para-hydroxylation sites is 2. The first-order chi connectivity index (χ1) is 17.6. The number of benzene rings is 3. The van der Waals surface area contributed by atoms with E-state index < -0.39 is 0 Å². The summed E-state index contributed by atoms with van der Waals surface area (Å²) in [5, 5.41) is 3.06. The lowest BCUT2D eigenvalue weighted by atomic mass is 9.97. The van der Waals surface area contributed by atoms with Gasteiger partial charge >= 0.3 is 0 Å². The molecule has 1 amide bonds. The van der Waals surface area contributed by atoms with Crippen molar-refractivity contribution in [3.05, 3.63) is 100 Å². The van der Waals surface area contributed by atoms with E-state index >= 15 is 0 Å². The first-order valence-corrected chi connectivity index (χ1v) is 12.3. The average Bonchev–Trinajstić information content (AvgIpc) is 2.94. The van der Waals surface area contributed by atoms with Crippen molar-refractivity contribution in [2.75, 3.05) is 25.1 Å². The van der Waals surface area contributed by atoms with Crippen LogP contribution in [-0.2, 0) is 17.9 Å². The molecule has 1 aliphatic heterocycles. The Hall–Kier alpha value is -4.13. The van der Waals surface area contributed by atoms with Gasteiger partial charge in [-0.15, -0.1) is 0 Å². The van der Waals surface area contributed by atoms with Crippen LogP contribution in [0.15, 0.2) is 83.7 Å². The van der Waals surface area contributed by atoms with Gasteiger partial charge in [0.15, 0.2) is 5.82 Å². The van der Waals surface area contributed by atoms with Crippen LogP contribution in [0.4, 0.5) is 5.82 Å². The Morgan fingerprint density at radius 3 is 2.53 bits per heavy atom. The first-order valence-electron chi connectivity index (χ1n) is 12.3. The lowest BCUT2D eigenvalue weighted by Gasteiger charge is -2.32. The number of piperidine rings is 1. The first kappa shape index (κ1) is 23.6. The highest BCUT2D eigenvalue weighted by Crippen LogP contribution is 2.22. The smallest absolute Gasteiger partial charge is 0.294 e. The Bertz CT molecular complexity index is 1400. The number of nitrogens with one attached hydrogen (secondary N) is 1. The van der Waals surface area contributed by atoms with Crippen molar-refractivity contribution in [1.29, 1.82) is 0 Å². The van der Waals surface area contributed by atoms with Gasteiger partial charge in [0.1, 0.15) is 5.75 Å². The number of aromatic nitrogens is 2. The van der Waals surface area contributed by atoms with E-state index in [4.69, 9.17) is 9.72 Å². The SMILES string of the molecule is COc1ccc(CNC(=O)[C@H]2CCCN(c3nc4ccccc4n(Cc4ccccc4)c3=O)C2)cc1. The van der Waals surface area contributed by atoms with E-state index in [-0.39, 0.29) is 17.4 Å². The lowest BCUT2D eigenvalue weighted by molar-refractivity contribution is -0.125. The molecular weight excluding hydrogens is 452 g/mol. The van der Waals surface area contributed by atoms with Crippen LogP contribution < -0.4 is 20.5 Å². The molecule has 0 radical (unpaired) electrons. The summed E-state index contributed by atoms with van der Waals surface area (Å²) < 4.78 is 6.99. The Kier molecular flexibility index (Phi) is 6.98. The molecule has 5 rings (SSSR count). The number of hydrogen-bond donors (Lipinski definition) is 1. The zero-order valence-corrected chi connectivity index (χ0v) is 20.4. The summed E-state index contributed by atoms with van der Waals surface area (Å²) in [7, 11) is 1.63. The maximum atomic E-state index is 13.7. The van der Waals surface area contributed by atoms with Gasteiger partial charge in [0.2, 0.25) is 5.91 Å². The highest BCUT2D eigenvalue weighted by atomic mass is 16.5. The fourth-order valence-corrected chi connectivity index (χ4v) is 4.77. The lowest BCUT2D eigenvalue weighted by Crippen LogP contribution is -2.45. The molecule has 0 bridgehead atoms. The molecule has 2 heterocycles. The van der Waals surface area contributed by atoms with Gasteiger partial charge in [0.05, 0.1) is 30.6 Å². The Morgan fingerprint density at radius 2 is 1.75 bits per heavy atom. The molecule has 184 valence electrons. The van der Waals surface area contributed by atoms with Crippen molar-refractivity contribution in [1.82, 2.24) is 14.9 Å². The van der Waals surface area contributed by atoms with Crippen LogP contribution in [0.2, 0.25) is 0 Å². The maximum Gasteiger partial charge on any atom is 0.294 e. The van der Waals surface area contributed by atoms with Gasteiger partial charge in [0.25, 0.3) is 5.56 Å². The van der Waals surface area contributed by atoms with Crippen LogP contribution in [0, 0.1) is 5.92 Å². The Labute approximate surface area is 210 Å². The molecule has 36 heavy (non-hydrogen) atoms. The van der Waals surface area contributed by atoms with Crippen molar-refractivity contribution >= 4 is 22.8 Å². The summed E-state index contributed by atoms with van der Waals surface area (Å²) in [6.45, 7) is 2.10. The third-order valence-corrected chi connectivity index (χ3v) is 6.74. The number of ether oxygens (including phenoxy) is 1. The molecule has 1 aromatic heterocycles. The van der Waals surface area contributed by atoms with Gasteiger partial charge in [-0.1, -0.05) is 54.6 Å². The van der Waals surface area contributed by atoms with Gasteiger partial charge in [-0.05, 0) is 48.2 Å². The number of anilines is 1. The topological polar surface area (TPSA) is 76.5 Å². The van der Waals surface area contributed by atoms with Crippen LogP contribution in [0.3, 0.4) is 0 Å². The van der Waals surface area contributed by atoms with Gasteiger partial charge in [0, 0.05) is 19.6 Å². The summed E-state index contributed by atoms with van der Waals surface area (Å²) in [6.07, 6.45) is 1.62. The van der Waals surface area contributed by atoms with Gasteiger partial charge < -0.3 is 15.0 Å². The summed E-state index contributed by atoms with van der Waals surface area (Å²) in [6, 6.07) is 25.3. The molecule has 0 unspecified atom stereocenters. The molecule has 1 aliphatic rings. The predicted molar refractivity (Wildman–Crippen MR) is 141 cm³/mol. The minimum absolute atomic E-state index is 0.000850. The van der Waals surface area contributed by atoms with Crippen molar-refractivity contribution in [2.45, 2.75) is 25.9 Å². The molecule has 1 N–H and O–H groups in total. The van der Waals surface area contributed by atoms with Crippen molar-refractivity contribution < 1.29 is 9.53 Å². The highest BCUT2D eigenvalue weighted by Gasteiger charge is 2.28. The zero-order chi connectivity index (χ0) is 24.9. The molecule has 0 saturated carbocycles. The third kappa shape index (κ3) is 5.10. The second-order valence-corrected chi connectivity index (χ2v) is 9.15. The average molecular weight is 483 g/mol. The van der Waals surface area contributed by atoms with Crippen LogP contribution in [0.25, 0.3) is 11.0 Å². The van der Waals surface area contributed by atoms with Crippen molar-refractivity contribution in [3.8, 4) is 5.75 Å². The van der Waals surface area contributed by atoms with E-state index in [1.807, 2.05) is 83.8 Å². The zero-order valence-electron chi connectivity index (χ0n) is 20.4. The Morgan fingerprint density at radius 1 is 1.00 bits per heavy atom. The maximum absolute atomic E-state index is 13.7. The van der Waals surface area contributed by atoms with Gasteiger partial charge in [-0.25, -0.2) is 4.98 Å². The summed E-state index contributed by atoms with van der Waals surface area (Å²) in [5.74, 6) is 0.999. The molecule has 1 fully saturated rings. The normalized spacial score (nSPS) is 15.6. The predicted octanol–water partition coefficient (Wildman–Crippen LogP) is 3.99. The molecule has 3 aromatic carbocycles. The highest BCUT2D eigenvalue weighted by molar-refractivity contribution is 5.80. The number of rotatable bonds is 7. The second-order valence-electron chi connectivity index (χ2n) is 9.15. The summed E-state index contributed by atoms with van der Waals surface area (Å²) >= 11 is 0. The van der Waals surface area contributed by atoms with Crippen LogP contribution >= 0.6 is 0 Å². The van der Waals surface area contributed by atoms with Gasteiger partial charge in [-0.3, -0.25) is 14.2 Å². The second kappa shape index (κ2) is 10.6. The molecule has 7 nitrogen and oxygen atoms in total. The largest absolute Gasteiger partial charge is 0.497 e. The number of amides is 1. The van der Waals surface area contributed by atoms with E-state index in [1.165, 1.54) is 0 Å². The summed E-state index contributed by atoms with van der Waals surface area (Å²) in [5.41, 5.74) is 3.51. The molecule has 1 atom stereocenters. The van der Waals surface area contributed by atoms with E-state index in [2.05, 4.69) is 5.32 Å². The van der Waals surface area contributed by atoms with Crippen LogP contribution in [0.1, 0.15) is 24.0 Å². The fourth-order valence-electron chi connectivity index (χ4n) is 4.77. The number of carbonyl (C=O) groups excluding carboxylic acids is 1. The molecule has 1 saturated heterocycles. The molecule has 4 aromatic rings. The number of methoxy groups -OCH3 is 1. The Balaban J connectivity index is 1.36. The minimum atomic E-state index is -0.202. The quantitative estimate of drug-likeness (QED) is 0.431. The molecule has 0 aliphatic carbocycles. The number of nitrogens with zero attached hydrogens (tertiary/aromatic N) is 3. The summed E-state index contributed by atoms with van der Waals surface area (Å²) in [4.78, 5) is 33.4. The number of fused-ring (bicyclic) bond motifs is 1. The van der Waals surface area contributed by atoms with Gasteiger partial charge in [-0.2, -0.15) is 0 Å². The monoisotopic (exact) mass is 482 g/mol. The van der Waals surface area contributed by atoms with E-state index in [1.54, 1.807) is 11.7 Å². The molecule has 7 heteroatoms. The molecule has 0 spiro atoms. The third-order valence-electron chi connectivity index (χ3n) is 6.74. The number of carbonyl (C=O) groups is 1. The number of hydrogen-bond acceptors (Lipinski definition) is 5. The van der Waals surface area contributed by atoms with E-state index in [9.17, 15) is 9.59 Å². The van der Waals surface area contributed by atoms with Crippen molar-refractivity contribution in [3.63, 3.8) is 0 Å². The fraction of sp³-hybridized carbons (Fsp3) is 0.276. The van der Waals surface area contributed by atoms with E-state index in [0.29, 0.717) is 32.0 Å². The van der Waals surface area contributed by atoms with E-state index in [0.717, 1.165) is 40.8 Å². The standard InChI is InChI=1S/C29H30N4O3/c1-36-24-15-13-21(14-16-24)18-30-28(34)23-10-7-17-32(20-23)27-29(35)33(19-22-8-3-2-4-9-22)26-12-6-5-11-25(26)31-27/h2-6,8-9,11-16,23H,7,10,17-20H2,1H3,(H,30,34)/t23-/m0/s1. The molecular formula is C29H30N4O3. The van der Waals surface area contributed by atoms with Crippen molar-refractivity contribution in [2.24, 2.45) is 5.92 Å². The minimum Gasteiger partial charge on any atom is -0.497 e.